The van der Waals surface area contributed by atoms with Crippen LogP contribution in [-0.4, -0.2) is 17.5 Å². The van der Waals surface area contributed by atoms with Gasteiger partial charge in [0.25, 0.3) is 0 Å². The van der Waals surface area contributed by atoms with Crippen molar-refractivity contribution in [2.75, 3.05) is 0 Å². The smallest absolute Gasteiger partial charge is 0.142 e. The van der Waals surface area contributed by atoms with E-state index >= 15 is 0 Å². The Balaban J connectivity index is 1.64. The lowest BCUT2D eigenvalue weighted by Crippen LogP contribution is -2.55. The highest BCUT2D eigenvalue weighted by Crippen LogP contribution is 2.67. The largest absolute Gasteiger partial charge is 0.393 e. The molecular formula is C22H34O2. The topological polar surface area (TPSA) is 37.3 Å². The van der Waals surface area contributed by atoms with Gasteiger partial charge in [-0.2, -0.15) is 0 Å². The lowest BCUT2D eigenvalue weighted by Gasteiger charge is -2.62. The molecule has 8 atom stereocenters. The first kappa shape index (κ1) is 16.8. The number of aliphatic hydroxyl groups excluding tert-OH is 1. The van der Waals surface area contributed by atoms with E-state index in [1.54, 1.807) is 0 Å². The Morgan fingerprint density at radius 2 is 1.79 bits per heavy atom. The van der Waals surface area contributed by atoms with E-state index < -0.39 is 0 Å². The second kappa shape index (κ2) is 5.69. The third kappa shape index (κ3) is 2.21. The van der Waals surface area contributed by atoms with Crippen molar-refractivity contribution in [3.63, 3.8) is 0 Å². The lowest BCUT2D eigenvalue weighted by atomic mass is 9.43. The molecule has 3 unspecified atom stereocenters. The molecule has 24 heavy (non-hydrogen) atoms. The van der Waals surface area contributed by atoms with Crippen molar-refractivity contribution in [1.82, 2.24) is 0 Å². The Bertz CT molecular complexity index is 552. The van der Waals surface area contributed by atoms with E-state index in [4.69, 9.17) is 0 Å². The van der Waals surface area contributed by atoms with E-state index in [1.807, 2.05) is 6.08 Å². The predicted molar refractivity (Wildman–Crippen MR) is 96.4 cm³/mol. The van der Waals surface area contributed by atoms with Crippen LogP contribution in [0.25, 0.3) is 0 Å². The molecule has 2 nitrogen and oxygen atoms in total. The Hall–Kier alpha value is -0.630. The zero-order chi connectivity index (χ0) is 17.1. The van der Waals surface area contributed by atoms with Gasteiger partial charge < -0.3 is 5.11 Å². The van der Waals surface area contributed by atoms with Crippen molar-refractivity contribution in [1.29, 1.82) is 0 Å². The number of rotatable bonds is 1. The second-order valence-corrected chi connectivity index (χ2v) is 10.0. The van der Waals surface area contributed by atoms with Crippen LogP contribution in [0, 0.1) is 40.4 Å². The first-order chi connectivity index (χ1) is 11.4. The van der Waals surface area contributed by atoms with Crippen LogP contribution in [-0.2, 0) is 4.79 Å². The van der Waals surface area contributed by atoms with Crippen LogP contribution in [0.5, 0.6) is 0 Å². The zero-order valence-electron chi connectivity index (χ0n) is 15.6. The summed E-state index contributed by atoms with van der Waals surface area (Å²) in [5.74, 6) is 3.87. The summed E-state index contributed by atoms with van der Waals surface area (Å²) in [6.45, 7) is 7.40. The van der Waals surface area contributed by atoms with Crippen LogP contribution in [0.3, 0.4) is 0 Å². The number of aldehydes is 1. The Labute approximate surface area is 147 Å². The van der Waals surface area contributed by atoms with E-state index in [0.717, 1.165) is 55.1 Å². The summed E-state index contributed by atoms with van der Waals surface area (Å²) < 4.78 is 0. The summed E-state index contributed by atoms with van der Waals surface area (Å²) in [5.41, 5.74) is 2.01. The van der Waals surface area contributed by atoms with Crippen LogP contribution < -0.4 is 0 Å². The van der Waals surface area contributed by atoms with Gasteiger partial charge in [-0.15, -0.1) is 0 Å². The maximum absolute atomic E-state index is 10.9. The molecule has 4 rings (SSSR count). The molecule has 134 valence electrons. The third-order valence-electron chi connectivity index (χ3n) is 9.18. The number of hydrogen-bond acceptors (Lipinski definition) is 2. The normalized spacial score (nSPS) is 55.6. The summed E-state index contributed by atoms with van der Waals surface area (Å²) >= 11 is 0. The van der Waals surface area contributed by atoms with E-state index in [-0.39, 0.29) is 11.5 Å². The first-order valence-corrected chi connectivity index (χ1v) is 10.2. The van der Waals surface area contributed by atoms with Gasteiger partial charge in [0.1, 0.15) is 6.29 Å². The van der Waals surface area contributed by atoms with Gasteiger partial charge >= 0.3 is 0 Å². The third-order valence-corrected chi connectivity index (χ3v) is 9.18. The van der Waals surface area contributed by atoms with E-state index in [1.165, 1.54) is 37.7 Å². The molecule has 0 saturated heterocycles. The lowest BCUT2D eigenvalue weighted by molar-refractivity contribution is -0.133. The number of carbonyl (C=O) groups is 1. The monoisotopic (exact) mass is 330 g/mol. The van der Waals surface area contributed by atoms with E-state index in [2.05, 4.69) is 20.8 Å². The standard InChI is InChI=1S/C22H34O2/c1-14-12-16-17-4-5-20(24)22(17,3)10-7-18(16)21(2)9-6-15(8-11-23)13-19(14)21/h8,11,14,16-20,24H,4-7,9-10,12-13H2,1-3H3/b15-8+/t14-,16?,17?,18?,19+,20-,21+,22-/m0/s1. The van der Waals surface area contributed by atoms with Crippen molar-refractivity contribution >= 4 is 6.29 Å². The van der Waals surface area contributed by atoms with Gasteiger partial charge in [0.05, 0.1) is 6.10 Å². The van der Waals surface area contributed by atoms with Gasteiger partial charge in [-0.1, -0.05) is 26.3 Å². The van der Waals surface area contributed by atoms with Gasteiger partial charge in [0.2, 0.25) is 0 Å². The summed E-state index contributed by atoms with van der Waals surface area (Å²) in [6.07, 6.45) is 12.4. The molecule has 4 fully saturated rings. The van der Waals surface area contributed by atoms with Gasteiger partial charge in [0.15, 0.2) is 0 Å². The molecule has 0 aromatic heterocycles. The molecule has 4 aliphatic carbocycles. The highest BCUT2D eigenvalue weighted by atomic mass is 16.3. The van der Waals surface area contributed by atoms with Crippen molar-refractivity contribution in [3.8, 4) is 0 Å². The number of carbonyl (C=O) groups excluding carboxylic acids is 1. The Morgan fingerprint density at radius 1 is 1.04 bits per heavy atom. The average molecular weight is 331 g/mol. The minimum atomic E-state index is -0.0715. The fraction of sp³-hybridized carbons (Fsp3) is 0.864. The average Bonchev–Trinajstić information content (AvgIpc) is 2.85. The number of allylic oxidation sites excluding steroid dienone is 2. The van der Waals surface area contributed by atoms with E-state index in [9.17, 15) is 9.90 Å². The van der Waals surface area contributed by atoms with Crippen molar-refractivity contribution in [2.45, 2.75) is 78.2 Å². The van der Waals surface area contributed by atoms with Crippen molar-refractivity contribution in [2.24, 2.45) is 40.4 Å². The number of hydrogen-bond donors (Lipinski definition) is 1. The molecular weight excluding hydrogens is 296 g/mol. The molecule has 2 heteroatoms. The Morgan fingerprint density at radius 3 is 2.54 bits per heavy atom. The predicted octanol–water partition coefficient (Wildman–Crippen LogP) is 4.76. The minimum Gasteiger partial charge on any atom is -0.393 e. The van der Waals surface area contributed by atoms with Crippen LogP contribution in [0.15, 0.2) is 11.6 Å². The molecule has 1 N–H and O–H groups in total. The quantitative estimate of drug-likeness (QED) is 0.556. The number of aliphatic hydroxyl groups is 1. The van der Waals surface area contributed by atoms with Gasteiger partial charge in [-0.3, -0.25) is 4.79 Å². The molecule has 0 aromatic carbocycles. The van der Waals surface area contributed by atoms with Crippen LogP contribution in [0.2, 0.25) is 0 Å². The molecule has 0 radical (unpaired) electrons. The molecule has 0 aliphatic heterocycles. The zero-order valence-corrected chi connectivity index (χ0v) is 15.6. The highest BCUT2D eigenvalue weighted by molar-refractivity contribution is 5.66. The molecule has 4 aliphatic rings. The molecule has 0 amide bonds. The van der Waals surface area contributed by atoms with Crippen LogP contribution in [0.4, 0.5) is 0 Å². The maximum atomic E-state index is 10.9. The van der Waals surface area contributed by atoms with Gasteiger partial charge in [0, 0.05) is 0 Å². The van der Waals surface area contributed by atoms with Crippen LogP contribution in [0.1, 0.15) is 72.1 Å². The van der Waals surface area contributed by atoms with Crippen molar-refractivity contribution in [3.05, 3.63) is 11.6 Å². The molecule has 4 saturated carbocycles. The fourth-order valence-corrected chi connectivity index (χ4v) is 7.79. The maximum Gasteiger partial charge on any atom is 0.142 e. The van der Waals surface area contributed by atoms with E-state index in [0.29, 0.717) is 5.41 Å². The summed E-state index contributed by atoms with van der Waals surface area (Å²) in [4.78, 5) is 10.9. The first-order valence-electron chi connectivity index (χ1n) is 10.2. The minimum absolute atomic E-state index is 0.0715. The fourth-order valence-electron chi connectivity index (χ4n) is 7.79. The van der Waals surface area contributed by atoms with Gasteiger partial charge in [-0.25, -0.2) is 0 Å². The summed E-state index contributed by atoms with van der Waals surface area (Å²) in [6, 6.07) is 0. The highest BCUT2D eigenvalue weighted by Gasteiger charge is 2.61. The molecule has 0 spiro atoms. The summed E-state index contributed by atoms with van der Waals surface area (Å²) in [5, 5.41) is 10.6. The molecule has 0 aromatic rings. The molecule has 0 bridgehead atoms. The van der Waals surface area contributed by atoms with Crippen molar-refractivity contribution < 1.29 is 9.90 Å². The van der Waals surface area contributed by atoms with Crippen LogP contribution >= 0.6 is 0 Å². The Kier molecular flexibility index (Phi) is 3.99. The SMILES string of the molecule is C[C@H]1CC2C3CC[C@H](O)[C@@]3(C)CCC2[C@@]2(C)CC/C(=C\C=O)C[C@H]12. The number of fused-ring (bicyclic) bond motifs is 5. The summed E-state index contributed by atoms with van der Waals surface area (Å²) in [7, 11) is 0. The molecule has 0 heterocycles. The van der Waals surface area contributed by atoms with Gasteiger partial charge in [-0.05, 0) is 97.9 Å². The second-order valence-electron chi connectivity index (χ2n) is 10.0.